The van der Waals surface area contributed by atoms with Crippen molar-refractivity contribution in [2.75, 3.05) is 31.2 Å². The number of furan rings is 1. The van der Waals surface area contributed by atoms with Crippen LogP contribution in [0.3, 0.4) is 0 Å². The lowest BCUT2D eigenvalue weighted by molar-refractivity contribution is 0.0923. The van der Waals surface area contributed by atoms with Gasteiger partial charge in [0.1, 0.15) is 18.1 Å². The second-order valence-corrected chi connectivity index (χ2v) is 7.15. The van der Waals surface area contributed by atoms with Gasteiger partial charge in [0.25, 0.3) is 0 Å². The molecule has 0 unspecified atom stereocenters. The van der Waals surface area contributed by atoms with Crippen LogP contribution in [0.1, 0.15) is 28.8 Å². The number of carbonyl (C=O) groups is 1. The highest BCUT2D eigenvalue weighted by molar-refractivity contribution is 6.00. The Balaban J connectivity index is 1.31. The molecule has 1 amide bonds. The minimum absolute atomic E-state index is 0.186. The van der Waals surface area contributed by atoms with Crippen LogP contribution >= 0.6 is 0 Å². The van der Waals surface area contributed by atoms with Crippen LogP contribution in [0.5, 0.6) is 5.75 Å². The van der Waals surface area contributed by atoms with Crippen LogP contribution in [-0.4, -0.2) is 37.9 Å². The molecule has 2 aromatic carbocycles. The number of anilines is 1. The van der Waals surface area contributed by atoms with Crippen molar-refractivity contribution in [3.8, 4) is 5.75 Å². The Hall–Kier alpha value is -3.58. The molecule has 1 saturated heterocycles. The van der Waals surface area contributed by atoms with Crippen molar-refractivity contribution in [3.05, 3.63) is 83.8 Å². The Morgan fingerprint density at radius 3 is 2.52 bits per heavy atom. The van der Waals surface area contributed by atoms with E-state index >= 15 is 0 Å². The van der Waals surface area contributed by atoms with Gasteiger partial charge in [-0.05, 0) is 48.9 Å². The molecule has 0 bridgehead atoms. The van der Waals surface area contributed by atoms with Crippen LogP contribution in [0.2, 0.25) is 0 Å². The largest absolute Gasteiger partial charge is 0.486 e. The lowest BCUT2D eigenvalue weighted by Crippen LogP contribution is -2.36. The summed E-state index contributed by atoms with van der Waals surface area (Å²) in [5.74, 6) is 1.08. The summed E-state index contributed by atoms with van der Waals surface area (Å²) >= 11 is 0. The maximum absolute atomic E-state index is 12.4. The SMILES string of the molecule is C/C(=N/NC(=O)c1ccc(COc2ccccc2)o1)c1ccc(N2CCOCC2)cc1. The predicted octanol–water partition coefficient (Wildman–Crippen LogP) is 3.85. The van der Waals surface area contributed by atoms with Gasteiger partial charge >= 0.3 is 5.91 Å². The number of hydrogen-bond donors (Lipinski definition) is 1. The lowest BCUT2D eigenvalue weighted by atomic mass is 10.1. The maximum Gasteiger partial charge on any atom is 0.307 e. The topological polar surface area (TPSA) is 76.3 Å². The minimum Gasteiger partial charge on any atom is -0.486 e. The number of morpholine rings is 1. The van der Waals surface area contributed by atoms with Crippen LogP contribution in [0.4, 0.5) is 5.69 Å². The summed E-state index contributed by atoms with van der Waals surface area (Å²) in [4.78, 5) is 14.6. The number of nitrogens with one attached hydrogen (secondary N) is 1. The minimum atomic E-state index is -0.407. The molecule has 0 radical (unpaired) electrons. The number of hydrogen-bond acceptors (Lipinski definition) is 6. The molecule has 7 heteroatoms. The molecule has 1 N–H and O–H groups in total. The maximum atomic E-state index is 12.4. The molecule has 0 aliphatic carbocycles. The molecule has 0 spiro atoms. The van der Waals surface area contributed by atoms with Gasteiger partial charge in [-0.15, -0.1) is 0 Å². The number of amides is 1. The first kappa shape index (κ1) is 20.7. The van der Waals surface area contributed by atoms with E-state index in [0.717, 1.165) is 43.3 Å². The zero-order chi connectivity index (χ0) is 21.5. The van der Waals surface area contributed by atoms with Crippen molar-refractivity contribution in [2.45, 2.75) is 13.5 Å². The zero-order valence-electron chi connectivity index (χ0n) is 17.4. The smallest absolute Gasteiger partial charge is 0.307 e. The molecule has 7 nitrogen and oxygen atoms in total. The normalized spacial score (nSPS) is 14.4. The molecule has 1 fully saturated rings. The summed E-state index contributed by atoms with van der Waals surface area (Å²) in [6, 6.07) is 20.9. The number of benzene rings is 2. The van der Waals surface area contributed by atoms with Crippen LogP contribution in [0, 0.1) is 0 Å². The van der Waals surface area contributed by atoms with Gasteiger partial charge in [-0.25, -0.2) is 5.43 Å². The summed E-state index contributed by atoms with van der Waals surface area (Å²) in [7, 11) is 0. The summed E-state index contributed by atoms with van der Waals surface area (Å²) in [5, 5.41) is 4.21. The molecular weight excluding hydrogens is 394 g/mol. The van der Waals surface area contributed by atoms with E-state index < -0.39 is 5.91 Å². The highest BCUT2D eigenvalue weighted by atomic mass is 16.5. The van der Waals surface area contributed by atoms with Crippen molar-refractivity contribution in [3.63, 3.8) is 0 Å². The predicted molar refractivity (Wildman–Crippen MR) is 119 cm³/mol. The number of nitrogens with zero attached hydrogens (tertiary/aromatic N) is 2. The van der Waals surface area contributed by atoms with Gasteiger partial charge in [0.15, 0.2) is 5.76 Å². The molecule has 3 aromatic rings. The molecule has 1 aromatic heterocycles. The Bertz CT molecular complexity index is 1020. The highest BCUT2D eigenvalue weighted by Gasteiger charge is 2.13. The molecule has 0 saturated carbocycles. The van der Waals surface area contributed by atoms with Crippen molar-refractivity contribution in [1.82, 2.24) is 5.43 Å². The lowest BCUT2D eigenvalue weighted by Gasteiger charge is -2.28. The van der Waals surface area contributed by atoms with E-state index in [2.05, 4.69) is 27.6 Å². The van der Waals surface area contributed by atoms with Crippen LogP contribution in [0.25, 0.3) is 0 Å². The number of hydrazone groups is 1. The van der Waals surface area contributed by atoms with E-state index in [-0.39, 0.29) is 12.4 Å². The fraction of sp³-hybridized carbons (Fsp3) is 0.250. The third-order valence-corrected chi connectivity index (χ3v) is 5.00. The number of ether oxygens (including phenoxy) is 2. The first-order valence-corrected chi connectivity index (χ1v) is 10.2. The summed E-state index contributed by atoms with van der Waals surface area (Å²) in [6.45, 7) is 5.39. The summed E-state index contributed by atoms with van der Waals surface area (Å²) in [5.41, 5.74) is 5.35. The molecular formula is C24H25N3O4. The zero-order valence-corrected chi connectivity index (χ0v) is 17.4. The van der Waals surface area contributed by atoms with E-state index in [0.29, 0.717) is 11.5 Å². The van der Waals surface area contributed by atoms with Gasteiger partial charge in [0.2, 0.25) is 0 Å². The van der Waals surface area contributed by atoms with E-state index in [1.807, 2.05) is 49.4 Å². The third-order valence-electron chi connectivity index (χ3n) is 5.00. The molecule has 160 valence electrons. The van der Waals surface area contributed by atoms with Crippen LogP contribution < -0.4 is 15.1 Å². The van der Waals surface area contributed by atoms with Gasteiger partial charge in [-0.2, -0.15) is 5.10 Å². The fourth-order valence-electron chi connectivity index (χ4n) is 3.24. The molecule has 31 heavy (non-hydrogen) atoms. The molecule has 4 rings (SSSR count). The van der Waals surface area contributed by atoms with Gasteiger partial charge < -0.3 is 18.8 Å². The Kier molecular flexibility index (Phi) is 6.64. The monoisotopic (exact) mass is 419 g/mol. The van der Waals surface area contributed by atoms with Crippen molar-refractivity contribution >= 4 is 17.3 Å². The van der Waals surface area contributed by atoms with Gasteiger partial charge in [0, 0.05) is 18.8 Å². The number of carbonyl (C=O) groups excluding carboxylic acids is 1. The third kappa shape index (κ3) is 5.52. The fourth-order valence-corrected chi connectivity index (χ4v) is 3.24. The van der Waals surface area contributed by atoms with Gasteiger partial charge in [0.05, 0.1) is 18.9 Å². The first-order chi connectivity index (χ1) is 15.2. The van der Waals surface area contributed by atoms with E-state index in [4.69, 9.17) is 13.9 Å². The van der Waals surface area contributed by atoms with Crippen molar-refractivity contribution in [1.29, 1.82) is 0 Å². The average Bonchev–Trinajstić information content (AvgIpc) is 3.32. The highest BCUT2D eigenvalue weighted by Crippen LogP contribution is 2.17. The summed E-state index contributed by atoms with van der Waals surface area (Å²) < 4.78 is 16.6. The second kappa shape index (κ2) is 9.95. The Labute approximate surface area is 181 Å². The van der Waals surface area contributed by atoms with Gasteiger partial charge in [-0.1, -0.05) is 30.3 Å². The van der Waals surface area contributed by atoms with Crippen LogP contribution in [-0.2, 0) is 11.3 Å². The first-order valence-electron chi connectivity index (χ1n) is 10.2. The Morgan fingerprint density at radius 1 is 1.03 bits per heavy atom. The van der Waals surface area contributed by atoms with E-state index in [1.54, 1.807) is 12.1 Å². The van der Waals surface area contributed by atoms with Crippen molar-refractivity contribution in [2.24, 2.45) is 5.10 Å². The van der Waals surface area contributed by atoms with E-state index in [1.165, 1.54) is 0 Å². The quantitative estimate of drug-likeness (QED) is 0.465. The molecule has 0 atom stereocenters. The van der Waals surface area contributed by atoms with Gasteiger partial charge in [-0.3, -0.25) is 4.79 Å². The summed E-state index contributed by atoms with van der Waals surface area (Å²) in [6.07, 6.45) is 0. The number of rotatable bonds is 7. The van der Waals surface area contributed by atoms with E-state index in [9.17, 15) is 4.79 Å². The van der Waals surface area contributed by atoms with Crippen LogP contribution in [0.15, 0.2) is 76.2 Å². The standard InChI is InChI=1S/C24H25N3O4/c1-18(19-7-9-20(10-8-19)27-13-15-29-16-14-27)25-26-24(28)23-12-11-22(31-23)17-30-21-5-3-2-4-6-21/h2-12H,13-17H2,1H3,(H,26,28)/b25-18-. The second-order valence-electron chi connectivity index (χ2n) is 7.15. The molecule has 2 heterocycles. The van der Waals surface area contributed by atoms with Crippen molar-refractivity contribution < 1.29 is 18.7 Å². The molecule has 1 aliphatic heterocycles. The molecule has 1 aliphatic rings. The number of para-hydroxylation sites is 1. The Morgan fingerprint density at radius 2 is 1.77 bits per heavy atom. The average molecular weight is 419 g/mol.